The van der Waals surface area contributed by atoms with Crippen LogP contribution in [-0.4, -0.2) is 50.1 Å². The number of carbonyl (C=O) groups is 2. The molecule has 1 heterocycles. The van der Waals surface area contributed by atoms with Gasteiger partial charge >= 0.3 is 0 Å². The summed E-state index contributed by atoms with van der Waals surface area (Å²) in [6.07, 6.45) is 0.351. The number of ether oxygens (including phenoxy) is 2. The molecule has 2 aromatic carbocycles. The summed E-state index contributed by atoms with van der Waals surface area (Å²) in [6, 6.07) is 14.3. The highest BCUT2D eigenvalue weighted by Crippen LogP contribution is 2.16. The van der Waals surface area contributed by atoms with Crippen molar-refractivity contribution in [2.75, 3.05) is 38.7 Å². The van der Waals surface area contributed by atoms with Crippen LogP contribution in [0.2, 0.25) is 0 Å². The van der Waals surface area contributed by atoms with E-state index in [0.717, 1.165) is 5.56 Å². The number of rotatable bonds is 5. The molecule has 0 radical (unpaired) electrons. The van der Waals surface area contributed by atoms with Crippen LogP contribution >= 0.6 is 0 Å². The minimum Gasteiger partial charge on any atom is -0.497 e. The van der Waals surface area contributed by atoms with Gasteiger partial charge in [-0.2, -0.15) is 0 Å². The maximum Gasteiger partial charge on any atom is 0.255 e. The molecule has 136 valence electrons. The molecule has 6 nitrogen and oxygen atoms in total. The number of nitrogens with zero attached hydrogens (tertiary/aromatic N) is 1. The normalized spacial score (nSPS) is 14.0. The second-order valence-corrected chi connectivity index (χ2v) is 6.05. The van der Waals surface area contributed by atoms with Gasteiger partial charge in [0.05, 0.1) is 26.7 Å². The fourth-order valence-electron chi connectivity index (χ4n) is 2.77. The SMILES string of the molecule is COc1cccc(C(=O)Nc2ccc(CC(=O)N3CCOCC3)cc2)c1. The fraction of sp³-hybridized carbons (Fsp3) is 0.300. The first kappa shape index (κ1) is 17.9. The molecule has 26 heavy (non-hydrogen) atoms. The number of morpholine rings is 1. The third kappa shape index (κ3) is 4.61. The lowest BCUT2D eigenvalue weighted by Crippen LogP contribution is -2.41. The number of nitrogens with one attached hydrogen (secondary N) is 1. The largest absolute Gasteiger partial charge is 0.497 e. The Kier molecular flexibility index (Phi) is 5.86. The summed E-state index contributed by atoms with van der Waals surface area (Å²) < 4.78 is 10.4. The summed E-state index contributed by atoms with van der Waals surface area (Å²) in [5.74, 6) is 0.525. The van der Waals surface area contributed by atoms with E-state index >= 15 is 0 Å². The number of anilines is 1. The zero-order valence-corrected chi connectivity index (χ0v) is 14.7. The molecule has 1 aliphatic rings. The van der Waals surface area contributed by atoms with Gasteiger partial charge in [-0.05, 0) is 35.9 Å². The molecule has 1 aliphatic heterocycles. The number of hydrogen-bond acceptors (Lipinski definition) is 4. The van der Waals surface area contributed by atoms with E-state index in [-0.39, 0.29) is 11.8 Å². The Bertz CT molecular complexity index is 768. The molecule has 0 bridgehead atoms. The quantitative estimate of drug-likeness (QED) is 0.895. The second kappa shape index (κ2) is 8.49. The van der Waals surface area contributed by atoms with E-state index in [2.05, 4.69) is 5.32 Å². The van der Waals surface area contributed by atoms with Crippen molar-refractivity contribution in [1.82, 2.24) is 4.90 Å². The van der Waals surface area contributed by atoms with Crippen LogP contribution in [0.25, 0.3) is 0 Å². The molecule has 2 aromatic rings. The zero-order valence-electron chi connectivity index (χ0n) is 14.7. The van der Waals surface area contributed by atoms with Crippen molar-refractivity contribution in [2.24, 2.45) is 0 Å². The topological polar surface area (TPSA) is 67.9 Å². The van der Waals surface area contributed by atoms with Gasteiger partial charge in [0, 0.05) is 24.3 Å². The van der Waals surface area contributed by atoms with Crippen LogP contribution in [0.15, 0.2) is 48.5 Å². The molecule has 1 fully saturated rings. The van der Waals surface area contributed by atoms with E-state index in [1.54, 1.807) is 43.5 Å². The molecule has 2 amide bonds. The molecular formula is C20H22N2O4. The summed E-state index contributed by atoms with van der Waals surface area (Å²) in [6.45, 7) is 2.49. The van der Waals surface area contributed by atoms with Gasteiger partial charge in [-0.15, -0.1) is 0 Å². The number of benzene rings is 2. The van der Waals surface area contributed by atoms with Crippen molar-refractivity contribution >= 4 is 17.5 Å². The second-order valence-electron chi connectivity index (χ2n) is 6.05. The summed E-state index contributed by atoms with van der Waals surface area (Å²) >= 11 is 0. The summed E-state index contributed by atoms with van der Waals surface area (Å²) in [5, 5.41) is 2.85. The van der Waals surface area contributed by atoms with Gasteiger partial charge < -0.3 is 19.7 Å². The molecule has 3 rings (SSSR count). The fourth-order valence-corrected chi connectivity index (χ4v) is 2.77. The summed E-state index contributed by atoms with van der Waals surface area (Å²) in [7, 11) is 1.56. The minimum atomic E-state index is -0.207. The van der Waals surface area contributed by atoms with E-state index in [0.29, 0.717) is 49.7 Å². The van der Waals surface area contributed by atoms with Gasteiger partial charge in [-0.1, -0.05) is 18.2 Å². The first-order chi connectivity index (χ1) is 12.7. The number of methoxy groups -OCH3 is 1. The van der Waals surface area contributed by atoms with Gasteiger partial charge in [-0.25, -0.2) is 0 Å². The molecule has 0 unspecified atom stereocenters. The van der Waals surface area contributed by atoms with Crippen LogP contribution in [0.3, 0.4) is 0 Å². The Morgan fingerprint density at radius 2 is 1.85 bits per heavy atom. The highest BCUT2D eigenvalue weighted by Gasteiger charge is 2.17. The molecule has 6 heteroatoms. The Hall–Kier alpha value is -2.86. The zero-order chi connectivity index (χ0) is 18.4. The van der Waals surface area contributed by atoms with E-state index in [4.69, 9.17) is 9.47 Å². The lowest BCUT2D eigenvalue weighted by atomic mass is 10.1. The molecule has 0 atom stereocenters. The van der Waals surface area contributed by atoms with Gasteiger partial charge in [0.2, 0.25) is 5.91 Å². The lowest BCUT2D eigenvalue weighted by molar-refractivity contribution is -0.134. The van der Waals surface area contributed by atoms with E-state index < -0.39 is 0 Å². The van der Waals surface area contributed by atoms with E-state index in [1.165, 1.54) is 0 Å². The Morgan fingerprint density at radius 3 is 2.54 bits per heavy atom. The molecule has 1 saturated heterocycles. The Morgan fingerprint density at radius 1 is 1.12 bits per heavy atom. The van der Waals surface area contributed by atoms with Gasteiger partial charge in [-0.3, -0.25) is 9.59 Å². The van der Waals surface area contributed by atoms with Crippen LogP contribution in [-0.2, 0) is 16.0 Å². The predicted octanol–water partition coefficient (Wildman–Crippen LogP) is 2.35. The lowest BCUT2D eigenvalue weighted by Gasteiger charge is -2.26. The summed E-state index contributed by atoms with van der Waals surface area (Å²) in [4.78, 5) is 26.4. The smallest absolute Gasteiger partial charge is 0.255 e. The van der Waals surface area contributed by atoms with Crippen molar-refractivity contribution in [2.45, 2.75) is 6.42 Å². The van der Waals surface area contributed by atoms with Crippen LogP contribution in [0.4, 0.5) is 5.69 Å². The number of carbonyl (C=O) groups excluding carboxylic acids is 2. The van der Waals surface area contributed by atoms with E-state index in [9.17, 15) is 9.59 Å². The average molecular weight is 354 g/mol. The third-order valence-electron chi connectivity index (χ3n) is 4.26. The molecule has 0 aromatic heterocycles. The van der Waals surface area contributed by atoms with Crippen LogP contribution in [0.1, 0.15) is 15.9 Å². The third-order valence-corrected chi connectivity index (χ3v) is 4.26. The van der Waals surface area contributed by atoms with Gasteiger partial charge in [0.25, 0.3) is 5.91 Å². The number of hydrogen-bond donors (Lipinski definition) is 1. The minimum absolute atomic E-state index is 0.0986. The first-order valence-corrected chi connectivity index (χ1v) is 8.55. The van der Waals surface area contributed by atoms with Crippen molar-refractivity contribution in [3.8, 4) is 5.75 Å². The summed E-state index contributed by atoms with van der Waals surface area (Å²) in [5.41, 5.74) is 2.12. The number of amides is 2. The highest BCUT2D eigenvalue weighted by atomic mass is 16.5. The maximum atomic E-state index is 12.3. The van der Waals surface area contributed by atoms with Gasteiger partial charge in [0.15, 0.2) is 0 Å². The molecular weight excluding hydrogens is 332 g/mol. The van der Waals surface area contributed by atoms with Crippen LogP contribution in [0.5, 0.6) is 5.75 Å². The van der Waals surface area contributed by atoms with Crippen molar-refractivity contribution in [3.63, 3.8) is 0 Å². The van der Waals surface area contributed by atoms with Crippen LogP contribution < -0.4 is 10.1 Å². The molecule has 1 N–H and O–H groups in total. The first-order valence-electron chi connectivity index (χ1n) is 8.55. The Balaban J connectivity index is 1.58. The van der Waals surface area contributed by atoms with Crippen molar-refractivity contribution in [1.29, 1.82) is 0 Å². The van der Waals surface area contributed by atoms with Crippen LogP contribution in [0, 0.1) is 0 Å². The molecule has 0 spiro atoms. The van der Waals surface area contributed by atoms with Crippen molar-refractivity contribution < 1.29 is 19.1 Å². The highest BCUT2D eigenvalue weighted by molar-refractivity contribution is 6.04. The van der Waals surface area contributed by atoms with Gasteiger partial charge in [0.1, 0.15) is 5.75 Å². The molecule has 0 aliphatic carbocycles. The average Bonchev–Trinajstić information content (AvgIpc) is 2.70. The monoisotopic (exact) mass is 354 g/mol. The Labute approximate surface area is 152 Å². The standard InChI is InChI=1S/C20H22N2O4/c1-25-18-4-2-3-16(14-18)20(24)21-17-7-5-15(6-8-17)13-19(23)22-9-11-26-12-10-22/h2-8,14H,9-13H2,1H3,(H,21,24). The van der Waals surface area contributed by atoms with Crippen molar-refractivity contribution in [3.05, 3.63) is 59.7 Å². The molecule has 0 saturated carbocycles. The van der Waals surface area contributed by atoms with E-state index in [1.807, 2.05) is 17.0 Å². The predicted molar refractivity (Wildman–Crippen MR) is 98.5 cm³/mol. The maximum absolute atomic E-state index is 12.3.